The Balaban J connectivity index is 2.74. The summed E-state index contributed by atoms with van der Waals surface area (Å²) in [6.07, 6.45) is 1.63. The van der Waals surface area contributed by atoms with E-state index in [0.29, 0.717) is 6.54 Å². The van der Waals surface area contributed by atoms with Crippen LogP contribution >= 0.6 is 0 Å². The summed E-state index contributed by atoms with van der Waals surface area (Å²) in [5.74, 6) is -0.473. The van der Waals surface area contributed by atoms with Crippen molar-refractivity contribution in [2.45, 2.75) is 26.0 Å². The predicted molar refractivity (Wildman–Crippen MR) is 49.9 cm³/mol. The molecule has 1 aromatic heterocycles. The van der Waals surface area contributed by atoms with Crippen molar-refractivity contribution in [1.82, 2.24) is 9.78 Å². The van der Waals surface area contributed by atoms with Crippen LogP contribution in [0.5, 0.6) is 0 Å². The fourth-order valence-electron chi connectivity index (χ4n) is 1.06. The van der Waals surface area contributed by atoms with Crippen LogP contribution in [0, 0.1) is 0 Å². The van der Waals surface area contributed by atoms with Crippen LogP contribution in [0.2, 0.25) is 0 Å². The van der Waals surface area contributed by atoms with Crippen molar-refractivity contribution in [2.75, 3.05) is 7.11 Å². The van der Waals surface area contributed by atoms with Crippen LogP contribution in [0.15, 0.2) is 12.3 Å². The first-order chi connectivity index (χ1) is 6.42. The highest BCUT2D eigenvalue weighted by Crippen LogP contribution is 2.06. The largest absolute Gasteiger partial charge is 0.464 e. The molecule has 0 aromatic carbocycles. The van der Waals surface area contributed by atoms with Crippen molar-refractivity contribution in [3.63, 3.8) is 0 Å². The molecule has 0 amide bonds. The topological polar surface area (TPSA) is 64.3 Å². The zero-order chi connectivity index (χ0) is 10.8. The highest BCUT2D eigenvalue weighted by molar-refractivity contribution is 5.86. The molecule has 0 fully saturated rings. The minimum absolute atomic E-state index is 0.247. The van der Waals surface area contributed by atoms with Crippen LogP contribution < -0.4 is 0 Å². The molecule has 0 aliphatic rings. The van der Waals surface area contributed by atoms with Crippen molar-refractivity contribution < 1.29 is 14.6 Å². The lowest BCUT2D eigenvalue weighted by atomic mass is 10.1. The first kappa shape index (κ1) is 10.7. The number of ether oxygens (including phenoxy) is 1. The average Bonchev–Trinajstić information content (AvgIpc) is 2.48. The van der Waals surface area contributed by atoms with Gasteiger partial charge in [0.1, 0.15) is 0 Å². The molecule has 1 heterocycles. The van der Waals surface area contributed by atoms with Gasteiger partial charge in [-0.05, 0) is 19.9 Å². The zero-order valence-corrected chi connectivity index (χ0v) is 8.52. The number of methoxy groups -OCH3 is 1. The molecule has 0 radical (unpaired) electrons. The average molecular weight is 198 g/mol. The van der Waals surface area contributed by atoms with Gasteiger partial charge in [0.25, 0.3) is 0 Å². The molecular formula is C9H14N2O3. The molecule has 78 valence electrons. The Morgan fingerprint density at radius 2 is 2.36 bits per heavy atom. The molecule has 0 atom stereocenters. The van der Waals surface area contributed by atoms with Gasteiger partial charge in [-0.1, -0.05) is 0 Å². The number of carbonyl (C=O) groups excluding carboxylic acids is 1. The van der Waals surface area contributed by atoms with Crippen molar-refractivity contribution in [2.24, 2.45) is 0 Å². The van der Waals surface area contributed by atoms with Gasteiger partial charge in [0.05, 0.1) is 19.3 Å². The van der Waals surface area contributed by atoms with Gasteiger partial charge in [0.2, 0.25) is 0 Å². The maximum absolute atomic E-state index is 11.0. The van der Waals surface area contributed by atoms with Gasteiger partial charge in [0.15, 0.2) is 5.69 Å². The Hall–Kier alpha value is -1.36. The minimum Gasteiger partial charge on any atom is -0.464 e. The Bertz CT molecular complexity index is 325. The standard InChI is InChI=1S/C9H14N2O3/c1-9(2,13)6-11-5-4-7(10-11)8(12)14-3/h4-5,13H,6H2,1-3H3. The van der Waals surface area contributed by atoms with Gasteiger partial charge in [0, 0.05) is 6.20 Å². The van der Waals surface area contributed by atoms with E-state index in [0.717, 1.165) is 0 Å². The molecule has 0 saturated heterocycles. The SMILES string of the molecule is COC(=O)c1ccn(CC(C)(C)O)n1. The van der Waals surface area contributed by atoms with Crippen LogP contribution in [0.4, 0.5) is 0 Å². The highest BCUT2D eigenvalue weighted by atomic mass is 16.5. The van der Waals surface area contributed by atoms with Crippen molar-refractivity contribution in [1.29, 1.82) is 0 Å². The highest BCUT2D eigenvalue weighted by Gasteiger charge is 2.15. The third-order valence-corrected chi connectivity index (χ3v) is 1.58. The number of esters is 1. The number of carbonyl (C=O) groups is 1. The summed E-state index contributed by atoms with van der Waals surface area (Å²) in [7, 11) is 1.30. The molecule has 0 aliphatic heterocycles. The molecule has 0 saturated carbocycles. The van der Waals surface area contributed by atoms with E-state index in [1.54, 1.807) is 26.1 Å². The second-order valence-corrected chi connectivity index (χ2v) is 3.70. The first-order valence-corrected chi connectivity index (χ1v) is 4.26. The lowest BCUT2D eigenvalue weighted by Crippen LogP contribution is -2.26. The van der Waals surface area contributed by atoms with E-state index >= 15 is 0 Å². The fraction of sp³-hybridized carbons (Fsp3) is 0.556. The van der Waals surface area contributed by atoms with Crippen LogP contribution in [0.1, 0.15) is 24.3 Å². The molecule has 5 nitrogen and oxygen atoms in total. The maximum Gasteiger partial charge on any atom is 0.358 e. The van der Waals surface area contributed by atoms with Gasteiger partial charge in [-0.2, -0.15) is 5.10 Å². The van der Waals surface area contributed by atoms with Crippen molar-refractivity contribution in [3.8, 4) is 0 Å². The molecule has 14 heavy (non-hydrogen) atoms. The number of hydrogen-bond donors (Lipinski definition) is 1. The predicted octanol–water partition coefficient (Wildman–Crippen LogP) is 0.441. The lowest BCUT2D eigenvalue weighted by molar-refractivity contribution is 0.0543. The molecule has 1 aromatic rings. The lowest BCUT2D eigenvalue weighted by Gasteiger charge is -2.16. The Morgan fingerprint density at radius 1 is 1.71 bits per heavy atom. The van der Waals surface area contributed by atoms with Crippen LogP contribution in [-0.4, -0.2) is 33.6 Å². The second-order valence-electron chi connectivity index (χ2n) is 3.70. The van der Waals surface area contributed by atoms with Gasteiger partial charge < -0.3 is 9.84 Å². The fourth-order valence-corrected chi connectivity index (χ4v) is 1.06. The van der Waals surface area contributed by atoms with E-state index in [1.807, 2.05) is 0 Å². The van der Waals surface area contributed by atoms with Gasteiger partial charge in [-0.15, -0.1) is 0 Å². The molecular weight excluding hydrogens is 184 g/mol. The van der Waals surface area contributed by atoms with E-state index in [9.17, 15) is 9.90 Å². The molecule has 0 spiro atoms. The van der Waals surface area contributed by atoms with E-state index in [-0.39, 0.29) is 5.69 Å². The summed E-state index contributed by atoms with van der Waals surface area (Å²) in [5.41, 5.74) is -0.601. The zero-order valence-electron chi connectivity index (χ0n) is 8.52. The van der Waals surface area contributed by atoms with Gasteiger partial charge in [-0.3, -0.25) is 4.68 Å². The smallest absolute Gasteiger partial charge is 0.358 e. The molecule has 0 aliphatic carbocycles. The van der Waals surface area contributed by atoms with Crippen LogP contribution in [0.3, 0.4) is 0 Å². The number of aromatic nitrogens is 2. The summed E-state index contributed by atoms with van der Waals surface area (Å²) in [6, 6.07) is 1.55. The number of nitrogens with zero attached hydrogens (tertiary/aromatic N) is 2. The monoisotopic (exact) mass is 198 g/mol. The van der Waals surface area contributed by atoms with Gasteiger partial charge in [-0.25, -0.2) is 4.79 Å². The molecule has 0 bridgehead atoms. The maximum atomic E-state index is 11.0. The quantitative estimate of drug-likeness (QED) is 0.716. The summed E-state index contributed by atoms with van der Waals surface area (Å²) in [4.78, 5) is 11.0. The van der Waals surface area contributed by atoms with E-state index in [2.05, 4.69) is 9.84 Å². The van der Waals surface area contributed by atoms with Crippen molar-refractivity contribution >= 4 is 5.97 Å². The number of aliphatic hydroxyl groups is 1. The number of rotatable bonds is 3. The van der Waals surface area contributed by atoms with E-state index < -0.39 is 11.6 Å². The molecule has 5 heteroatoms. The van der Waals surface area contributed by atoms with Gasteiger partial charge >= 0.3 is 5.97 Å². The second kappa shape index (κ2) is 3.79. The third-order valence-electron chi connectivity index (χ3n) is 1.58. The van der Waals surface area contributed by atoms with Crippen molar-refractivity contribution in [3.05, 3.63) is 18.0 Å². The summed E-state index contributed by atoms with van der Waals surface area (Å²) in [5, 5.41) is 13.4. The molecule has 1 rings (SSSR count). The molecule has 1 N–H and O–H groups in total. The Kier molecular flexibility index (Phi) is 2.90. The summed E-state index contributed by atoms with van der Waals surface area (Å²) in [6.45, 7) is 3.68. The minimum atomic E-state index is -0.848. The normalized spacial score (nSPS) is 11.4. The van der Waals surface area contributed by atoms with E-state index in [1.165, 1.54) is 11.8 Å². The van der Waals surface area contributed by atoms with Crippen LogP contribution in [0.25, 0.3) is 0 Å². The molecule has 0 unspecified atom stereocenters. The van der Waals surface area contributed by atoms with Crippen LogP contribution in [-0.2, 0) is 11.3 Å². The van der Waals surface area contributed by atoms with E-state index in [4.69, 9.17) is 0 Å². The third kappa shape index (κ3) is 2.85. The Morgan fingerprint density at radius 3 is 2.86 bits per heavy atom. The number of hydrogen-bond acceptors (Lipinski definition) is 4. The Labute approximate surface area is 82.3 Å². The summed E-state index contributed by atoms with van der Waals surface area (Å²) >= 11 is 0. The summed E-state index contributed by atoms with van der Waals surface area (Å²) < 4.78 is 6.01. The first-order valence-electron chi connectivity index (χ1n) is 4.26.